The molecular formula is C24H19ClN4O2. The Morgan fingerprint density at radius 2 is 1.94 bits per heavy atom. The standard InChI is InChI=1S/C24H19ClN4O2/c1-16-4-2-5-18(12-16)21-13-19-6-3-11-26-23(19)29(24(21)31)15-22(30)28-27-14-17-7-9-20(25)10-8-17/h2-14H,15H2,1H3,(H,28,30)/b27-14+. The Bertz CT molecular complexity index is 1340. The van der Waals surface area contributed by atoms with Crippen LogP contribution in [-0.2, 0) is 11.3 Å². The zero-order chi connectivity index (χ0) is 21.8. The molecule has 1 N–H and O–H groups in total. The zero-order valence-electron chi connectivity index (χ0n) is 16.7. The van der Waals surface area contributed by atoms with E-state index in [4.69, 9.17) is 11.6 Å². The number of nitrogens with zero attached hydrogens (tertiary/aromatic N) is 3. The minimum Gasteiger partial charge on any atom is -0.283 e. The van der Waals surface area contributed by atoms with E-state index in [9.17, 15) is 9.59 Å². The summed E-state index contributed by atoms with van der Waals surface area (Å²) in [7, 11) is 0. The molecule has 0 aliphatic rings. The van der Waals surface area contributed by atoms with Gasteiger partial charge in [0.1, 0.15) is 12.2 Å². The molecule has 0 atom stereocenters. The van der Waals surface area contributed by atoms with Gasteiger partial charge in [0.25, 0.3) is 11.5 Å². The molecule has 4 rings (SSSR count). The molecule has 2 heterocycles. The molecule has 0 saturated heterocycles. The highest BCUT2D eigenvalue weighted by atomic mass is 35.5. The number of hydrazone groups is 1. The number of aryl methyl sites for hydroxylation is 1. The lowest BCUT2D eigenvalue weighted by Gasteiger charge is -2.12. The van der Waals surface area contributed by atoms with Gasteiger partial charge in [-0.05, 0) is 48.4 Å². The topological polar surface area (TPSA) is 76.3 Å². The molecule has 0 unspecified atom stereocenters. The number of aromatic nitrogens is 2. The van der Waals surface area contributed by atoms with Gasteiger partial charge in [0.15, 0.2) is 0 Å². The van der Waals surface area contributed by atoms with Crippen molar-refractivity contribution in [1.29, 1.82) is 0 Å². The summed E-state index contributed by atoms with van der Waals surface area (Å²) in [4.78, 5) is 30.1. The zero-order valence-corrected chi connectivity index (χ0v) is 17.5. The van der Waals surface area contributed by atoms with Gasteiger partial charge >= 0.3 is 0 Å². The van der Waals surface area contributed by atoms with Gasteiger partial charge in [-0.15, -0.1) is 0 Å². The molecule has 0 aliphatic carbocycles. The highest BCUT2D eigenvalue weighted by Crippen LogP contribution is 2.21. The maximum Gasteiger partial charge on any atom is 0.260 e. The summed E-state index contributed by atoms with van der Waals surface area (Å²) in [5.74, 6) is -0.430. The van der Waals surface area contributed by atoms with Gasteiger partial charge in [-0.1, -0.05) is 53.6 Å². The Morgan fingerprint density at radius 1 is 1.13 bits per heavy atom. The van der Waals surface area contributed by atoms with Gasteiger partial charge in [0.05, 0.1) is 6.21 Å². The largest absolute Gasteiger partial charge is 0.283 e. The first-order chi connectivity index (χ1) is 15.0. The number of benzene rings is 2. The molecule has 2 aromatic carbocycles. The van der Waals surface area contributed by atoms with E-state index in [1.165, 1.54) is 10.8 Å². The number of hydrogen-bond donors (Lipinski definition) is 1. The number of fused-ring (bicyclic) bond motifs is 1. The van der Waals surface area contributed by atoms with Crippen molar-refractivity contribution in [3.63, 3.8) is 0 Å². The van der Waals surface area contributed by atoms with Crippen LogP contribution < -0.4 is 11.0 Å². The Morgan fingerprint density at radius 3 is 2.71 bits per heavy atom. The van der Waals surface area contributed by atoms with Crippen molar-refractivity contribution < 1.29 is 4.79 Å². The van der Waals surface area contributed by atoms with Crippen molar-refractivity contribution in [2.45, 2.75) is 13.5 Å². The summed E-state index contributed by atoms with van der Waals surface area (Å²) in [6, 6.07) is 20.2. The quantitative estimate of drug-likeness (QED) is 0.381. The molecule has 0 bridgehead atoms. The molecule has 0 spiro atoms. The van der Waals surface area contributed by atoms with Crippen LogP contribution in [0.25, 0.3) is 22.2 Å². The highest BCUT2D eigenvalue weighted by molar-refractivity contribution is 6.30. The van der Waals surface area contributed by atoms with Gasteiger partial charge in [0.2, 0.25) is 0 Å². The summed E-state index contributed by atoms with van der Waals surface area (Å²) >= 11 is 5.86. The summed E-state index contributed by atoms with van der Waals surface area (Å²) in [5.41, 5.74) is 5.77. The molecule has 0 saturated carbocycles. The van der Waals surface area contributed by atoms with Crippen LogP contribution in [-0.4, -0.2) is 21.7 Å². The van der Waals surface area contributed by atoms with Crippen LogP contribution in [0.4, 0.5) is 0 Å². The van der Waals surface area contributed by atoms with Crippen LogP contribution in [0.2, 0.25) is 5.02 Å². The lowest BCUT2D eigenvalue weighted by atomic mass is 10.0. The summed E-state index contributed by atoms with van der Waals surface area (Å²) < 4.78 is 1.38. The monoisotopic (exact) mass is 430 g/mol. The SMILES string of the molecule is Cc1cccc(-c2cc3cccnc3n(CC(=O)N/N=C/c3ccc(Cl)cc3)c2=O)c1. The Hall–Kier alpha value is -3.77. The molecule has 0 aliphatic heterocycles. The van der Waals surface area contributed by atoms with Crippen LogP contribution in [0.15, 0.2) is 82.8 Å². The number of carbonyl (C=O) groups is 1. The van der Waals surface area contributed by atoms with E-state index in [0.29, 0.717) is 16.2 Å². The van der Waals surface area contributed by atoms with Crippen molar-refractivity contribution >= 4 is 34.8 Å². The van der Waals surface area contributed by atoms with Crippen molar-refractivity contribution in [2.24, 2.45) is 5.10 Å². The van der Waals surface area contributed by atoms with Crippen LogP contribution >= 0.6 is 11.6 Å². The maximum atomic E-state index is 13.2. The predicted molar refractivity (Wildman–Crippen MR) is 123 cm³/mol. The van der Waals surface area contributed by atoms with Gasteiger partial charge in [0, 0.05) is 22.2 Å². The van der Waals surface area contributed by atoms with E-state index in [0.717, 1.165) is 22.1 Å². The summed E-state index contributed by atoms with van der Waals surface area (Å²) in [5, 5.41) is 5.36. The minimum atomic E-state index is -0.430. The van der Waals surface area contributed by atoms with Crippen molar-refractivity contribution in [1.82, 2.24) is 15.0 Å². The molecule has 154 valence electrons. The van der Waals surface area contributed by atoms with E-state index >= 15 is 0 Å². The second-order valence-electron chi connectivity index (χ2n) is 7.08. The lowest BCUT2D eigenvalue weighted by Crippen LogP contribution is -2.31. The Balaban J connectivity index is 1.64. The lowest BCUT2D eigenvalue weighted by molar-refractivity contribution is -0.121. The van der Waals surface area contributed by atoms with E-state index in [1.54, 1.807) is 36.5 Å². The van der Waals surface area contributed by atoms with Crippen molar-refractivity contribution in [3.8, 4) is 11.1 Å². The second-order valence-corrected chi connectivity index (χ2v) is 7.52. The van der Waals surface area contributed by atoms with Crippen LogP contribution in [0.5, 0.6) is 0 Å². The van der Waals surface area contributed by atoms with Crippen molar-refractivity contribution in [3.05, 3.63) is 99.4 Å². The number of pyridine rings is 2. The fourth-order valence-electron chi connectivity index (χ4n) is 3.28. The van der Waals surface area contributed by atoms with Gasteiger partial charge in [-0.2, -0.15) is 5.10 Å². The molecule has 7 heteroatoms. The molecule has 0 radical (unpaired) electrons. The normalized spacial score (nSPS) is 11.2. The van der Waals surface area contributed by atoms with Crippen LogP contribution in [0, 0.1) is 6.92 Å². The van der Waals surface area contributed by atoms with Crippen LogP contribution in [0.1, 0.15) is 11.1 Å². The average Bonchev–Trinajstić information content (AvgIpc) is 2.77. The minimum absolute atomic E-state index is 0.204. The molecule has 0 fully saturated rings. The molecule has 2 aromatic heterocycles. The van der Waals surface area contributed by atoms with Gasteiger partial charge in [-0.25, -0.2) is 10.4 Å². The third-order valence-corrected chi connectivity index (χ3v) is 5.00. The van der Waals surface area contributed by atoms with Gasteiger partial charge < -0.3 is 0 Å². The number of halogens is 1. The summed E-state index contributed by atoms with van der Waals surface area (Å²) in [6.45, 7) is 1.76. The average molecular weight is 431 g/mol. The van der Waals surface area contributed by atoms with E-state index in [2.05, 4.69) is 15.5 Å². The number of carbonyl (C=O) groups excluding carboxylic acids is 1. The maximum absolute atomic E-state index is 13.2. The smallest absolute Gasteiger partial charge is 0.260 e. The number of nitrogens with one attached hydrogen (secondary N) is 1. The van der Waals surface area contributed by atoms with Crippen LogP contribution in [0.3, 0.4) is 0 Å². The number of rotatable bonds is 5. The molecular weight excluding hydrogens is 412 g/mol. The third kappa shape index (κ3) is 4.70. The fraction of sp³-hybridized carbons (Fsp3) is 0.0833. The predicted octanol–water partition coefficient (Wildman–Crippen LogP) is 4.18. The van der Waals surface area contributed by atoms with E-state index in [1.807, 2.05) is 43.3 Å². The first-order valence-electron chi connectivity index (χ1n) is 9.64. The Labute approximate surface area is 183 Å². The molecule has 31 heavy (non-hydrogen) atoms. The Kier molecular flexibility index (Phi) is 5.91. The second kappa shape index (κ2) is 8.93. The molecule has 6 nitrogen and oxygen atoms in total. The van der Waals surface area contributed by atoms with E-state index in [-0.39, 0.29) is 12.1 Å². The molecule has 1 amide bonds. The highest BCUT2D eigenvalue weighted by Gasteiger charge is 2.14. The van der Waals surface area contributed by atoms with Crippen molar-refractivity contribution in [2.75, 3.05) is 0 Å². The van der Waals surface area contributed by atoms with E-state index < -0.39 is 5.91 Å². The first-order valence-corrected chi connectivity index (χ1v) is 10.0. The number of hydrogen-bond acceptors (Lipinski definition) is 4. The fourth-order valence-corrected chi connectivity index (χ4v) is 3.41. The first kappa shape index (κ1) is 20.5. The van der Waals surface area contributed by atoms with Gasteiger partial charge in [-0.3, -0.25) is 14.2 Å². The third-order valence-electron chi connectivity index (χ3n) is 4.75. The summed E-state index contributed by atoms with van der Waals surface area (Å²) in [6.07, 6.45) is 3.11. The molecule has 4 aromatic rings. The number of amides is 1.